The van der Waals surface area contributed by atoms with Crippen LogP contribution in [-0.4, -0.2) is 11.9 Å². The molecule has 2 rings (SSSR count). The summed E-state index contributed by atoms with van der Waals surface area (Å²) in [5.41, 5.74) is 1.24. The lowest BCUT2D eigenvalue weighted by Crippen LogP contribution is -2.16. The molecular formula is C16H12Cl2O3. The fourth-order valence-electron chi connectivity index (χ4n) is 1.79. The van der Waals surface area contributed by atoms with Crippen LogP contribution in [0.25, 0.3) is 0 Å². The number of rotatable bonds is 4. The first-order valence-electron chi connectivity index (χ1n) is 6.26. The van der Waals surface area contributed by atoms with Crippen molar-refractivity contribution in [3.8, 4) is 0 Å². The Bertz CT molecular complexity index is 611. The van der Waals surface area contributed by atoms with E-state index in [0.717, 1.165) is 0 Å². The van der Waals surface area contributed by atoms with Gasteiger partial charge in [-0.1, -0.05) is 59.6 Å². The predicted octanol–water partition coefficient (Wildman–Crippen LogP) is 3.85. The lowest BCUT2D eigenvalue weighted by atomic mass is 10.1. The number of esters is 2. The van der Waals surface area contributed by atoms with E-state index in [-0.39, 0.29) is 12.8 Å². The predicted molar refractivity (Wildman–Crippen MR) is 81.4 cm³/mol. The summed E-state index contributed by atoms with van der Waals surface area (Å²) in [6.07, 6.45) is -0.0954. The highest BCUT2D eigenvalue weighted by Gasteiger charge is 2.14. The number of hydrogen-bond donors (Lipinski definition) is 0. The van der Waals surface area contributed by atoms with E-state index in [9.17, 15) is 9.59 Å². The van der Waals surface area contributed by atoms with Gasteiger partial charge in [0, 0.05) is 10.0 Å². The first-order valence-corrected chi connectivity index (χ1v) is 7.02. The van der Waals surface area contributed by atoms with Crippen LogP contribution in [0.15, 0.2) is 48.5 Å². The highest BCUT2D eigenvalue weighted by molar-refractivity contribution is 6.31. The molecule has 108 valence electrons. The van der Waals surface area contributed by atoms with Gasteiger partial charge in [-0.3, -0.25) is 9.59 Å². The van der Waals surface area contributed by atoms with Crippen molar-refractivity contribution in [2.75, 3.05) is 0 Å². The molecule has 0 saturated heterocycles. The zero-order valence-electron chi connectivity index (χ0n) is 11.0. The third-order valence-electron chi connectivity index (χ3n) is 2.81. The Balaban J connectivity index is 1.93. The summed E-state index contributed by atoms with van der Waals surface area (Å²) in [5.74, 6) is -1.28. The van der Waals surface area contributed by atoms with Gasteiger partial charge in [-0.15, -0.1) is 0 Å². The van der Waals surface area contributed by atoms with Gasteiger partial charge in [-0.05, 0) is 23.3 Å². The monoisotopic (exact) mass is 322 g/mol. The van der Waals surface area contributed by atoms with Crippen molar-refractivity contribution in [2.24, 2.45) is 0 Å². The molecule has 0 aromatic heterocycles. The molecule has 5 heteroatoms. The Labute approximate surface area is 132 Å². The Morgan fingerprint density at radius 1 is 0.762 bits per heavy atom. The summed E-state index contributed by atoms with van der Waals surface area (Å²) in [5, 5.41) is 0.931. The molecular weight excluding hydrogens is 311 g/mol. The Hall–Kier alpha value is -1.84. The van der Waals surface area contributed by atoms with E-state index in [2.05, 4.69) is 0 Å². The van der Waals surface area contributed by atoms with Gasteiger partial charge in [-0.2, -0.15) is 0 Å². The number of halogens is 2. The molecule has 21 heavy (non-hydrogen) atoms. The van der Waals surface area contributed by atoms with Gasteiger partial charge in [0.2, 0.25) is 0 Å². The standard InChI is InChI=1S/C16H12Cl2O3/c17-13-7-3-1-5-11(13)9-15(19)21-16(20)10-12-6-2-4-8-14(12)18/h1-8H,9-10H2. The van der Waals surface area contributed by atoms with E-state index in [1.165, 1.54) is 0 Å². The molecule has 0 heterocycles. The van der Waals surface area contributed by atoms with Crippen molar-refractivity contribution >= 4 is 35.1 Å². The number of carbonyl (C=O) groups excluding carboxylic acids is 2. The third kappa shape index (κ3) is 4.59. The molecule has 2 aromatic rings. The van der Waals surface area contributed by atoms with Crippen molar-refractivity contribution < 1.29 is 14.3 Å². The maximum Gasteiger partial charge on any atom is 0.317 e. The van der Waals surface area contributed by atoms with Crippen LogP contribution >= 0.6 is 23.2 Å². The van der Waals surface area contributed by atoms with Crippen LogP contribution < -0.4 is 0 Å². The molecule has 0 aliphatic rings. The molecule has 0 radical (unpaired) electrons. The minimum absolute atomic E-state index is 0.0477. The molecule has 0 spiro atoms. The second kappa shape index (κ2) is 7.25. The van der Waals surface area contributed by atoms with Gasteiger partial charge in [-0.25, -0.2) is 0 Å². The van der Waals surface area contributed by atoms with Crippen LogP contribution in [0.4, 0.5) is 0 Å². The van der Waals surface area contributed by atoms with E-state index in [1.807, 2.05) is 0 Å². The van der Waals surface area contributed by atoms with Crippen molar-refractivity contribution in [3.63, 3.8) is 0 Å². The molecule has 0 aliphatic heterocycles. The molecule has 2 aromatic carbocycles. The molecule has 0 bridgehead atoms. The number of ether oxygens (including phenoxy) is 1. The minimum atomic E-state index is -0.639. The van der Waals surface area contributed by atoms with Crippen LogP contribution in [0.5, 0.6) is 0 Å². The summed E-state index contributed by atoms with van der Waals surface area (Å²) in [7, 11) is 0. The van der Waals surface area contributed by atoms with Gasteiger partial charge in [0.1, 0.15) is 0 Å². The summed E-state index contributed by atoms with van der Waals surface area (Å²) in [4.78, 5) is 23.4. The van der Waals surface area contributed by atoms with Crippen molar-refractivity contribution in [1.29, 1.82) is 0 Å². The van der Waals surface area contributed by atoms with Crippen LogP contribution in [0.2, 0.25) is 10.0 Å². The maximum absolute atomic E-state index is 11.7. The molecule has 0 saturated carbocycles. The summed E-state index contributed by atoms with van der Waals surface area (Å²) < 4.78 is 4.77. The fourth-order valence-corrected chi connectivity index (χ4v) is 2.20. The molecule has 0 atom stereocenters. The van der Waals surface area contributed by atoms with E-state index in [0.29, 0.717) is 21.2 Å². The molecule has 0 unspecified atom stereocenters. The fraction of sp³-hybridized carbons (Fsp3) is 0.125. The average molecular weight is 323 g/mol. The highest BCUT2D eigenvalue weighted by Crippen LogP contribution is 2.17. The number of carbonyl (C=O) groups is 2. The van der Waals surface area contributed by atoms with E-state index < -0.39 is 11.9 Å². The first kappa shape index (κ1) is 15.5. The second-order valence-electron chi connectivity index (χ2n) is 4.38. The van der Waals surface area contributed by atoms with Gasteiger partial charge in [0.15, 0.2) is 0 Å². The van der Waals surface area contributed by atoms with E-state index in [1.54, 1.807) is 48.5 Å². The summed E-state index contributed by atoms with van der Waals surface area (Å²) in [6.45, 7) is 0. The SMILES string of the molecule is O=C(Cc1ccccc1Cl)OC(=O)Cc1ccccc1Cl. The average Bonchev–Trinajstić information content (AvgIpc) is 2.44. The van der Waals surface area contributed by atoms with Crippen molar-refractivity contribution in [2.45, 2.75) is 12.8 Å². The van der Waals surface area contributed by atoms with Crippen LogP contribution in [-0.2, 0) is 27.2 Å². The third-order valence-corrected chi connectivity index (χ3v) is 3.55. The normalized spacial score (nSPS) is 10.2. The largest absolute Gasteiger partial charge is 0.393 e. The zero-order chi connectivity index (χ0) is 15.2. The molecule has 0 N–H and O–H groups in total. The van der Waals surface area contributed by atoms with Gasteiger partial charge < -0.3 is 4.74 Å². The molecule has 0 aliphatic carbocycles. The van der Waals surface area contributed by atoms with E-state index in [4.69, 9.17) is 27.9 Å². The lowest BCUT2D eigenvalue weighted by molar-refractivity contribution is -0.158. The summed E-state index contributed by atoms with van der Waals surface area (Å²) in [6, 6.07) is 13.8. The molecule has 3 nitrogen and oxygen atoms in total. The van der Waals surface area contributed by atoms with Gasteiger partial charge in [0.25, 0.3) is 0 Å². The van der Waals surface area contributed by atoms with Crippen molar-refractivity contribution in [3.05, 3.63) is 69.7 Å². The Kier molecular flexibility index (Phi) is 5.37. The molecule has 0 fully saturated rings. The minimum Gasteiger partial charge on any atom is -0.393 e. The quantitative estimate of drug-likeness (QED) is 0.634. The van der Waals surface area contributed by atoms with Crippen LogP contribution in [0, 0.1) is 0 Å². The topological polar surface area (TPSA) is 43.4 Å². The van der Waals surface area contributed by atoms with Gasteiger partial charge in [0.05, 0.1) is 12.8 Å². The first-order chi connectivity index (χ1) is 10.1. The van der Waals surface area contributed by atoms with Crippen LogP contribution in [0.1, 0.15) is 11.1 Å². The van der Waals surface area contributed by atoms with Crippen LogP contribution in [0.3, 0.4) is 0 Å². The Morgan fingerprint density at radius 2 is 1.14 bits per heavy atom. The number of benzene rings is 2. The summed E-state index contributed by atoms with van der Waals surface area (Å²) >= 11 is 11.9. The smallest absolute Gasteiger partial charge is 0.317 e. The van der Waals surface area contributed by atoms with Crippen molar-refractivity contribution in [1.82, 2.24) is 0 Å². The van der Waals surface area contributed by atoms with Gasteiger partial charge >= 0.3 is 11.9 Å². The lowest BCUT2D eigenvalue weighted by Gasteiger charge is -2.06. The number of hydrogen-bond acceptors (Lipinski definition) is 3. The zero-order valence-corrected chi connectivity index (χ0v) is 12.5. The maximum atomic E-state index is 11.7. The molecule has 0 amide bonds. The second-order valence-corrected chi connectivity index (χ2v) is 5.20. The Morgan fingerprint density at radius 3 is 1.52 bits per heavy atom. The van der Waals surface area contributed by atoms with E-state index >= 15 is 0 Å². The highest BCUT2D eigenvalue weighted by atomic mass is 35.5.